The zero-order valence-corrected chi connectivity index (χ0v) is 17.3. The second-order valence-electron chi connectivity index (χ2n) is 6.42. The van der Waals surface area contributed by atoms with E-state index in [1.165, 1.54) is 11.3 Å². The molecule has 150 valence electrons. The van der Waals surface area contributed by atoms with Crippen molar-refractivity contribution in [2.24, 2.45) is 0 Å². The normalized spacial score (nSPS) is 10.5. The Morgan fingerprint density at radius 3 is 2.47 bits per heavy atom. The van der Waals surface area contributed by atoms with Crippen LogP contribution >= 0.6 is 11.3 Å². The van der Waals surface area contributed by atoms with Gasteiger partial charge in [0.25, 0.3) is 5.91 Å². The van der Waals surface area contributed by atoms with E-state index in [-0.39, 0.29) is 5.91 Å². The number of thiazole rings is 1. The molecule has 0 saturated carbocycles. The molecule has 4 rings (SSSR count). The molecular formula is C23H19N3O3S. The molecule has 7 heteroatoms. The molecule has 0 unspecified atom stereocenters. The third-order valence-electron chi connectivity index (χ3n) is 4.36. The van der Waals surface area contributed by atoms with Crippen LogP contribution in [-0.2, 0) is 0 Å². The lowest BCUT2D eigenvalue weighted by atomic mass is 10.1. The molecule has 0 aliphatic heterocycles. The number of methoxy groups -OCH3 is 1. The largest absolute Gasteiger partial charge is 0.497 e. The Kier molecular flexibility index (Phi) is 5.72. The van der Waals surface area contributed by atoms with Gasteiger partial charge in [0.2, 0.25) is 0 Å². The lowest BCUT2D eigenvalue weighted by Gasteiger charge is -2.07. The summed E-state index contributed by atoms with van der Waals surface area (Å²) < 4.78 is 11.0. The average molecular weight is 417 g/mol. The number of anilines is 1. The van der Waals surface area contributed by atoms with Gasteiger partial charge in [-0.15, -0.1) is 11.3 Å². The van der Waals surface area contributed by atoms with Gasteiger partial charge in [-0.25, -0.2) is 4.98 Å². The standard InChI is InChI=1S/C23H19N3O3S/c1-15-21(16-6-8-18(28-2)9-7-16)25-23(30-15)26-22(27)17-4-3-5-20(14-17)29-19-10-12-24-13-11-19/h3-14H,1-2H3,(H,25,26,27). The number of aromatic nitrogens is 2. The Balaban J connectivity index is 1.49. The molecule has 0 radical (unpaired) electrons. The minimum atomic E-state index is -0.245. The first-order chi connectivity index (χ1) is 14.6. The number of carbonyl (C=O) groups excluding carboxylic acids is 1. The Labute approximate surface area is 178 Å². The predicted octanol–water partition coefficient (Wildman–Crippen LogP) is 5.57. The van der Waals surface area contributed by atoms with E-state index in [0.717, 1.165) is 21.9 Å². The van der Waals surface area contributed by atoms with Gasteiger partial charge in [-0.3, -0.25) is 15.1 Å². The van der Waals surface area contributed by atoms with Gasteiger partial charge in [0, 0.05) is 28.4 Å². The molecule has 6 nitrogen and oxygen atoms in total. The molecule has 2 aromatic carbocycles. The second kappa shape index (κ2) is 8.75. The number of hydrogen-bond acceptors (Lipinski definition) is 6. The van der Waals surface area contributed by atoms with Crippen LogP contribution in [0.15, 0.2) is 73.1 Å². The van der Waals surface area contributed by atoms with Crippen molar-refractivity contribution in [3.63, 3.8) is 0 Å². The van der Waals surface area contributed by atoms with Gasteiger partial charge >= 0.3 is 0 Å². The fourth-order valence-corrected chi connectivity index (χ4v) is 3.71. The minimum Gasteiger partial charge on any atom is -0.497 e. The Bertz CT molecular complexity index is 1160. The number of benzene rings is 2. The van der Waals surface area contributed by atoms with Crippen LogP contribution in [0.5, 0.6) is 17.2 Å². The Morgan fingerprint density at radius 1 is 0.967 bits per heavy atom. The van der Waals surface area contributed by atoms with Crippen LogP contribution in [0.25, 0.3) is 11.3 Å². The van der Waals surface area contributed by atoms with Gasteiger partial charge in [0.1, 0.15) is 17.2 Å². The lowest BCUT2D eigenvalue weighted by molar-refractivity contribution is 0.102. The molecule has 0 bridgehead atoms. The molecule has 1 N–H and O–H groups in total. The number of rotatable bonds is 6. The third-order valence-corrected chi connectivity index (χ3v) is 5.25. The van der Waals surface area contributed by atoms with Gasteiger partial charge in [-0.05, 0) is 61.5 Å². The second-order valence-corrected chi connectivity index (χ2v) is 7.62. The smallest absolute Gasteiger partial charge is 0.257 e. The molecule has 2 aromatic heterocycles. The van der Waals surface area contributed by atoms with Crippen LogP contribution in [0.1, 0.15) is 15.2 Å². The van der Waals surface area contributed by atoms with Crippen LogP contribution in [0.4, 0.5) is 5.13 Å². The van der Waals surface area contributed by atoms with Crippen molar-refractivity contribution in [1.82, 2.24) is 9.97 Å². The summed E-state index contributed by atoms with van der Waals surface area (Å²) in [7, 11) is 1.63. The van der Waals surface area contributed by atoms with E-state index >= 15 is 0 Å². The Hall–Kier alpha value is -3.71. The molecule has 0 fully saturated rings. The van der Waals surface area contributed by atoms with Crippen molar-refractivity contribution in [2.45, 2.75) is 6.92 Å². The summed E-state index contributed by atoms with van der Waals surface area (Å²) >= 11 is 1.44. The van der Waals surface area contributed by atoms with E-state index in [2.05, 4.69) is 15.3 Å². The highest BCUT2D eigenvalue weighted by Gasteiger charge is 2.14. The van der Waals surface area contributed by atoms with Crippen LogP contribution in [0, 0.1) is 6.92 Å². The van der Waals surface area contributed by atoms with Crippen molar-refractivity contribution >= 4 is 22.4 Å². The van der Waals surface area contributed by atoms with E-state index in [9.17, 15) is 4.79 Å². The van der Waals surface area contributed by atoms with Crippen LogP contribution < -0.4 is 14.8 Å². The summed E-state index contributed by atoms with van der Waals surface area (Å²) in [5.41, 5.74) is 2.30. The molecule has 2 heterocycles. The number of amides is 1. The van der Waals surface area contributed by atoms with Crippen molar-refractivity contribution in [3.05, 3.63) is 83.5 Å². The lowest BCUT2D eigenvalue weighted by Crippen LogP contribution is -2.11. The summed E-state index contributed by atoms with van der Waals surface area (Å²) in [5, 5.41) is 3.43. The zero-order valence-electron chi connectivity index (χ0n) is 16.5. The van der Waals surface area contributed by atoms with Crippen molar-refractivity contribution in [2.75, 3.05) is 12.4 Å². The number of pyridine rings is 1. The van der Waals surface area contributed by atoms with Crippen molar-refractivity contribution in [3.8, 4) is 28.5 Å². The van der Waals surface area contributed by atoms with E-state index in [0.29, 0.717) is 22.2 Å². The van der Waals surface area contributed by atoms with E-state index < -0.39 is 0 Å². The monoisotopic (exact) mass is 417 g/mol. The van der Waals surface area contributed by atoms with E-state index in [1.807, 2.05) is 31.2 Å². The van der Waals surface area contributed by atoms with Gasteiger partial charge in [-0.2, -0.15) is 0 Å². The van der Waals surface area contributed by atoms with Gasteiger partial charge in [0.15, 0.2) is 5.13 Å². The SMILES string of the molecule is COc1ccc(-c2nc(NC(=O)c3cccc(Oc4ccncc4)c3)sc2C)cc1. The van der Waals surface area contributed by atoms with Gasteiger partial charge in [-0.1, -0.05) is 6.07 Å². The highest BCUT2D eigenvalue weighted by molar-refractivity contribution is 7.16. The van der Waals surface area contributed by atoms with Crippen molar-refractivity contribution < 1.29 is 14.3 Å². The molecule has 0 atom stereocenters. The summed E-state index contributed by atoms with van der Waals surface area (Å²) in [4.78, 5) is 22.3. The van der Waals surface area contributed by atoms with Crippen LogP contribution in [-0.4, -0.2) is 23.0 Å². The van der Waals surface area contributed by atoms with E-state index in [4.69, 9.17) is 9.47 Å². The van der Waals surface area contributed by atoms with Crippen molar-refractivity contribution in [1.29, 1.82) is 0 Å². The molecule has 0 saturated heterocycles. The molecule has 1 amide bonds. The molecule has 0 aliphatic carbocycles. The van der Waals surface area contributed by atoms with Gasteiger partial charge in [0.05, 0.1) is 12.8 Å². The van der Waals surface area contributed by atoms with Gasteiger partial charge < -0.3 is 9.47 Å². The molecule has 30 heavy (non-hydrogen) atoms. The predicted molar refractivity (Wildman–Crippen MR) is 118 cm³/mol. The topological polar surface area (TPSA) is 73.3 Å². The molecule has 0 spiro atoms. The Morgan fingerprint density at radius 2 is 1.73 bits per heavy atom. The van der Waals surface area contributed by atoms with Crippen LogP contribution in [0.2, 0.25) is 0 Å². The average Bonchev–Trinajstić information content (AvgIpc) is 3.14. The fourth-order valence-electron chi connectivity index (χ4n) is 2.88. The number of hydrogen-bond donors (Lipinski definition) is 1. The summed E-state index contributed by atoms with van der Waals surface area (Å²) in [6, 6.07) is 18.2. The molecule has 0 aliphatic rings. The number of nitrogens with one attached hydrogen (secondary N) is 1. The third kappa shape index (κ3) is 4.47. The maximum Gasteiger partial charge on any atom is 0.257 e. The first-order valence-corrected chi connectivity index (χ1v) is 10.0. The highest BCUT2D eigenvalue weighted by atomic mass is 32.1. The van der Waals surface area contributed by atoms with E-state index in [1.54, 1.807) is 55.9 Å². The highest BCUT2D eigenvalue weighted by Crippen LogP contribution is 2.31. The number of ether oxygens (including phenoxy) is 2. The minimum absolute atomic E-state index is 0.245. The first kappa shape index (κ1) is 19.6. The fraction of sp³-hybridized carbons (Fsp3) is 0.0870. The first-order valence-electron chi connectivity index (χ1n) is 9.23. The molecule has 4 aromatic rings. The summed E-state index contributed by atoms with van der Waals surface area (Å²) in [6.45, 7) is 1.98. The quantitative estimate of drug-likeness (QED) is 0.444. The zero-order chi connectivity index (χ0) is 20.9. The summed E-state index contributed by atoms with van der Waals surface area (Å²) in [5.74, 6) is 1.77. The summed E-state index contributed by atoms with van der Waals surface area (Å²) in [6.07, 6.45) is 3.30. The number of carbonyl (C=O) groups is 1. The maximum atomic E-state index is 12.7. The number of nitrogens with zero attached hydrogens (tertiary/aromatic N) is 2. The maximum absolute atomic E-state index is 12.7. The van der Waals surface area contributed by atoms with Crippen LogP contribution in [0.3, 0.4) is 0 Å². The molecular weight excluding hydrogens is 398 g/mol. The number of aryl methyl sites for hydroxylation is 1.